The van der Waals surface area contributed by atoms with Crippen LogP contribution < -0.4 is 10.6 Å². The highest BCUT2D eigenvalue weighted by molar-refractivity contribution is 7.80. The second kappa shape index (κ2) is 4.57. The summed E-state index contributed by atoms with van der Waals surface area (Å²) in [4.78, 5) is 23.8. The number of carbonyl (C=O) groups excluding carboxylic acids is 2. The first kappa shape index (κ1) is 11.9. The molecule has 0 aromatic rings. The summed E-state index contributed by atoms with van der Waals surface area (Å²) in [5.41, 5.74) is 0. The van der Waals surface area contributed by atoms with E-state index in [0.29, 0.717) is 5.11 Å². The van der Waals surface area contributed by atoms with Gasteiger partial charge in [-0.2, -0.15) is 0 Å². The van der Waals surface area contributed by atoms with E-state index in [4.69, 9.17) is 12.2 Å². The third-order valence-electron chi connectivity index (χ3n) is 2.11. The minimum atomic E-state index is -0.513. The molecule has 1 aliphatic rings. The number of imide groups is 1. The van der Waals surface area contributed by atoms with Crippen LogP contribution in [0.4, 0.5) is 0 Å². The minimum Gasteiger partial charge on any atom is -0.361 e. The van der Waals surface area contributed by atoms with Crippen LogP contribution in [0, 0.1) is 0 Å². The number of nitrogens with zero attached hydrogens (tertiary/aromatic N) is 1. The molecule has 2 N–H and O–H groups in total. The molecular weight excluding hydrogens is 214 g/mol. The number of likely N-dealkylation sites (N-methyl/N-ethyl adjacent to an activating group) is 1. The fourth-order valence-electron chi connectivity index (χ4n) is 1.33. The molecule has 0 saturated carbocycles. The molecule has 5 nitrogen and oxygen atoms in total. The topological polar surface area (TPSA) is 61.4 Å². The van der Waals surface area contributed by atoms with E-state index in [1.54, 1.807) is 0 Å². The van der Waals surface area contributed by atoms with Crippen LogP contribution in [0.2, 0.25) is 0 Å². The van der Waals surface area contributed by atoms with E-state index >= 15 is 0 Å². The van der Waals surface area contributed by atoms with Crippen molar-refractivity contribution in [2.24, 2.45) is 0 Å². The van der Waals surface area contributed by atoms with Crippen LogP contribution in [0.1, 0.15) is 20.3 Å². The Morgan fingerprint density at radius 1 is 1.53 bits per heavy atom. The van der Waals surface area contributed by atoms with Gasteiger partial charge in [-0.3, -0.25) is 14.5 Å². The standard InChI is InChI=1S/C9H15N3O2S/c1-5(2)10-9(15)11-6-4-7(13)12(3)8(6)14/h5-6H,4H2,1-3H3,(H2,10,11,15). The van der Waals surface area contributed by atoms with Gasteiger partial charge in [-0.15, -0.1) is 0 Å². The van der Waals surface area contributed by atoms with Crippen LogP contribution in [0.25, 0.3) is 0 Å². The molecule has 1 aliphatic heterocycles. The van der Waals surface area contributed by atoms with E-state index < -0.39 is 6.04 Å². The Labute approximate surface area is 94.2 Å². The van der Waals surface area contributed by atoms with E-state index in [1.165, 1.54) is 7.05 Å². The average molecular weight is 229 g/mol. The Morgan fingerprint density at radius 2 is 2.13 bits per heavy atom. The van der Waals surface area contributed by atoms with Crippen molar-refractivity contribution >= 4 is 29.1 Å². The summed E-state index contributed by atoms with van der Waals surface area (Å²) in [6.45, 7) is 3.89. The molecule has 15 heavy (non-hydrogen) atoms. The summed E-state index contributed by atoms with van der Waals surface area (Å²) in [6, 6.07) is -0.309. The van der Waals surface area contributed by atoms with E-state index in [1.807, 2.05) is 13.8 Å². The molecule has 0 bridgehead atoms. The first-order chi connectivity index (χ1) is 6.91. The lowest BCUT2D eigenvalue weighted by atomic mass is 10.2. The van der Waals surface area contributed by atoms with Crippen LogP contribution in [0.15, 0.2) is 0 Å². The van der Waals surface area contributed by atoms with Crippen LogP contribution in [-0.4, -0.2) is 41.0 Å². The number of thiocarbonyl (C=S) groups is 1. The van der Waals surface area contributed by atoms with Gasteiger partial charge in [0.25, 0.3) is 5.91 Å². The van der Waals surface area contributed by atoms with Crippen molar-refractivity contribution in [2.75, 3.05) is 7.05 Å². The Hall–Kier alpha value is -1.17. The number of hydrogen-bond acceptors (Lipinski definition) is 3. The van der Waals surface area contributed by atoms with E-state index in [9.17, 15) is 9.59 Å². The summed E-state index contributed by atoms with van der Waals surface area (Å²) < 4.78 is 0. The molecule has 0 aliphatic carbocycles. The van der Waals surface area contributed by atoms with Gasteiger partial charge in [-0.05, 0) is 26.1 Å². The quantitative estimate of drug-likeness (QED) is 0.499. The molecule has 1 saturated heterocycles. The molecule has 0 aromatic heterocycles. The first-order valence-corrected chi connectivity index (χ1v) is 5.20. The maximum Gasteiger partial charge on any atom is 0.251 e. The molecule has 1 unspecified atom stereocenters. The van der Waals surface area contributed by atoms with Gasteiger partial charge < -0.3 is 10.6 Å². The first-order valence-electron chi connectivity index (χ1n) is 4.79. The Morgan fingerprint density at radius 3 is 2.53 bits per heavy atom. The Bertz CT molecular complexity index is 304. The minimum absolute atomic E-state index is 0.176. The van der Waals surface area contributed by atoms with Crippen LogP contribution >= 0.6 is 12.2 Å². The smallest absolute Gasteiger partial charge is 0.251 e. The van der Waals surface area contributed by atoms with Crippen LogP contribution in [0.3, 0.4) is 0 Å². The predicted octanol–water partition coefficient (Wildman–Crippen LogP) is -0.384. The maximum atomic E-state index is 11.5. The van der Waals surface area contributed by atoms with Crippen LogP contribution in [0.5, 0.6) is 0 Å². The number of nitrogens with one attached hydrogen (secondary N) is 2. The summed E-state index contributed by atoms with van der Waals surface area (Å²) in [7, 11) is 1.48. The summed E-state index contributed by atoms with van der Waals surface area (Å²) >= 11 is 4.99. The van der Waals surface area contributed by atoms with Gasteiger partial charge >= 0.3 is 0 Å². The zero-order chi connectivity index (χ0) is 11.6. The third kappa shape index (κ3) is 2.89. The van der Waals surface area contributed by atoms with Crippen molar-refractivity contribution in [3.05, 3.63) is 0 Å². The lowest BCUT2D eigenvalue weighted by Crippen LogP contribution is -2.47. The summed E-state index contributed by atoms with van der Waals surface area (Å²) in [5, 5.41) is 6.20. The zero-order valence-corrected chi connectivity index (χ0v) is 9.85. The maximum absolute atomic E-state index is 11.5. The highest BCUT2D eigenvalue weighted by atomic mass is 32.1. The average Bonchev–Trinajstić information content (AvgIpc) is 2.32. The zero-order valence-electron chi connectivity index (χ0n) is 9.03. The molecule has 1 fully saturated rings. The lowest BCUT2D eigenvalue weighted by Gasteiger charge is -2.16. The van der Waals surface area contributed by atoms with Crippen molar-refractivity contribution in [3.63, 3.8) is 0 Å². The predicted molar refractivity (Wildman–Crippen MR) is 60.2 cm³/mol. The SMILES string of the molecule is CC(C)NC(=S)NC1CC(=O)N(C)C1=O. The number of amides is 2. The fraction of sp³-hybridized carbons (Fsp3) is 0.667. The van der Waals surface area contributed by atoms with Crippen molar-refractivity contribution in [1.82, 2.24) is 15.5 Å². The second-order valence-electron chi connectivity index (χ2n) is 3.82. The normalized spacial score (nSPS) is 21.1. The van der Waals surface area contributed by atoms with Gasteiger partial charge in [-0.25, -0.2) is 0 Å². The second-order valence-corrected chi connectivity index (χ2v) is 4.23. The Balaban J connectivity index is 2.50. The molecule has 2 amide bonds. The van der Waals surface area contributed by atoms with Crippen molar-refractivity contribution in [2.45, 2.75) is 32.4 Å². The summed E-state index contributed by atoms with van der Waals surface area (Å²) in [5.74, 6) is -0.405. The molecule has 0 spiro atoms. The fourth-order valence-corrected chi connectivity index (χ4v) is 1.71. The van der Waals surface area contributed by atoms with Crippen molar-refractivity contribution in [3.8, 4) is 0 Å². The van der Waals surface area contributed by atoms with Gasteiger partial charge in [0.2, 0.25) is 5.91 Å². The number of hydrogen-bond donors (Lipinski definition) is 2. The highest BCUT2D eigenvalue weighted by Gasteiger charge is 2.36. The van der Waals surface area contributed by atoms with Gasteiger partial charge in [-0.1, -0.05) is 0 Å². The molecule has 1 rings (SSSR count). The van der Waals surface area contributed by atoms with Gasteiger partial charge in [0.15, 0.2) is 5.11 Å². The van der Waals surface area contributed by atoms with Gasteiger partial charge in [0, 0.05) is 13.1 Å². The van der Waals surface area contributed by atoms with E-state index in [0.717, 1.165) is 4.90 Å². The third-order valence-corrected chi connectivity index (χ3v) is 2.34. The highest BCUT2D eigenvalue weighted by Crippen LogP contribution is 2.10. The number of carbonyl (C=O) groups is 2. The van der Waals surface area contributed by atoms with Crippen LogP contribution in [-0.2, 0) is 9.59 Å². The molecule has 1 atom stereocenters. The van der Waals surface area contributed by atoms with Gasteiger partial charge in [0.05, 0.1) is 6.42 Å². The molecule has 6 heteroatoms. The summed E-state index contributed by atoms with van der Waals surface area (Å²) in [6.07, 6.45) is 0.176. The monoisotopic (exact) mass is 229 g/mol. The molecule has 0 aromatic carbocycles. The van der Waals surface area contributed by atoms with E-state index in [2.05, 4.69) is 10.6 Å². The molecule has 1 heterocycles. The lowest BCUT2D eigenvalue weighted by molar-refractivity contribution is -0.137. The largest absolute Gasteiger partial charge is 0.361 e. The number of likely N-dealkylation sites (tertiary alicyclic amines) is 1. The molecule has 0 radical (unpaired) electrons. The number of rotatable bonds is 2. The van der Waals surface area contributed by atoms with E-state index in [-0.39, 0.29) is 24.3 Å². The Kier molecular flexibility index (Phi) is 3.62. The molecular formula is C9H15N3O2S. The molecule has 84 valence electrons. The van der Waals surface area contributed by atoms with Crippen molar-refractivity contribution < 1.29 is 9.59 Å². The van der Waals surface area contributed by atoms with Gasteiger partial charge in [0.1, 0.15) is 6.04 Å². The van der Waals surface area contributed by atoms with Crippen molar-refractivity contribution in [1.29, 1.82) is 0 Å².